The Labute approximate surface area is 243 Å². The zero-order valence-electron chi connectivity index (χ0n) is 25.6. The van der Waals surface area contributed by atoms with Crippen molar-refractivity contribution in [1.82, 2.24) is 30.5 Å². The third-order valence-electron chi connectivity index (χ3n) is 10.3. The van der Waals surface area contributed by atoms with Crippen LogP contribution in [0, 0.1) is 23.2 Å². The highest BCUT2D eigenvalue weighted by atomic mass is 32.2. The number of piperidine rings is 2. The fraction of sp³-hybridized carbons (Fsp3) is 0.968. The predicted molar refractivity (Wildman–Crippen MR) is 163 cm³/mol. The van der Waals surface area contributed by atoms with Crippen LogP contribution in [-0.2, 0) is 4.79 Å². The molecule has 0 spiro atoms. The molecule has 5 aliphatic heterocycles. The molecule has 39 heavy (non-hydrogen) atoms. The second-order valence-corrected chi connectivity index (χ2v) is 16.3. The minimum absolute atomic E-state index is 0.181. The molecule has 4 bridgehead atoms. The summed E-state index contributed by atoms with van der Waals surface area (Å²) in [6.45, 7) is 16.1. The average Bonchev–Trinajstić information content (AvgIpc) is 3.39. The van der Waals surface area contributed by atoms with E-state index in [9.17, 15) is 4.79 Å². The van der Waals surface area contributed by atoms with E-state index < -0.39 is 0 Å². The van der Waals surface area contributed by atoms with Crippen LogP contribution in [0.1, 0.15) is 112 Å². The highest BCUT2D eigenvalue weighted by Crippen LogP contribution is 2.40. The molecule has 0 aliphatic carbocycles. The summed E-state index contributed by atoms with van der Waals surface area (Å²) in [6.07, 6.45) is 15.3. The van der Waals surface area contributed by atoms with Crippen LogP contribution < -0.4 is 20.7 Å². The molecule has 1 amide bonds. The molecule has 8 heteroatoms. The second kappa shape index (κ2) is 12.9. The highest BCUT2D eigenvalue weighted by molar-refractivity contribution is 7.98. The Kier molecular flexibility index (Phi) is 9.93. The number of carbonyl (C=O) groups excluding carboxylic acids is 1. The number of rotatable bonds is 4. The number of hydrogen-bond acceptors (Lipinski definition) is 7. The van der Waals surface area contributed by atoms with Gasteiger partial charge in [0.15, 0.2) is 0 Å². The summed E-state index contributed by atoms with van der Waals surface area (Å²) in [6, 6.07) is 0. The SMILES string of the molecule is CC(C)(C)CCCC1CCN(C2CCC3CNSC4CCCC(NCCC[C@@H]5CN(C3N2)C(C)(C)C5)N4)C1=O. The lowest BCUT2D eigenvalue weighted by molar-refractivity contribution is -0.135. The van der Waals surface area contributed by atoms with Gasteiger partial charge in [0.25, 0.3) is 0 Å². The summed E-state index contributed by atoms with van der Waals surface area (Å²) >= 11 is 1.91. The van der Waals surface area contributed by atoms with Gasteiger partial charge < -0.3 is 10.2 Å². The van der Waals surface area contributed by atoms with E-state index in [-0.39, 0.29) is 17.6 Å². The monoisotopic (exact) mass is 562 g/mol. The first-order valence-electron chi connectivity index (χ1n) is 16.3. The molecule has 0 aromatic heterocycles. The smallest absolute Gasteiger partial charge is 0.226 e. The molecular formula is C31H58N6OS. The van der Waals surface area contributed by atoms with Gasteiger partial charge in [-0.15, -0.1) is 0 Å². The van der Waals surface area contributed by atoms with Crippen LogP contribution in [0.4, 0.5) is 0 Å². The number of nitrogens with one attached hydrogen (secondary N) is 4. The Morgan fingerprint density at radius 3 is 2.69 bits per heavy atom. The van der Waals surface area contributed by atoms with Gasteiger partial charge in [0, 0.05) is 37.0 Å². The van der Waals surface area contributed by atoms with Gasteiger partial charge >= 0.3 is 0 Å². The van der Waals surface area contributed by atoms with Crippen molar-refractivity contribution in [3.05, 3.63) is 0 Å². The highest BCUT2D eigenvalue weighted by Gasteiger charge is 2.47. The molecule has 5 heterocycles. The van der Waals surface area contributed by atoms with Crippen molar-refractivity contribution < 1.29 is 4.79 Å². The van der Waals surface area contributed by atoms with Crippen molar-refractivity contribution in [2.45, 2.75) is 141 Å². The van der Waals surface area contributed by atoms with Gasteiger partial charge in [0.2, 0.25) is 5.91 Å². The van der Waals surface area contributed by atoms with E-state index in [1.165, 1.54) is 57.9 Å². The van der Waals surface area contributed by atoms with Crippen molar-refractivity contribution >= 4 is 17.9 Å². The van der Waals surface area contributed by atoms with Crippen molar-refractivity contribution in [3.63, 3.8) is 0 Å². The molecular weight excluding hydrogens is 504 g/mol. The molecule has 8 atom stereocenters. The number of hydrogen-bond donors (Lipinski definition) is 4. The van der Waals surface area contributed by atoms with E-state index in [0.717, 1.165) is 51.2 Å². The lowest BCUT2D eigenvalue weighted by Crippen LogP contribution is -2.65. The van der Waals surface area contributed by atoms with Crippen LogP contribution in [0.5, 0.6) is 0 Å². The first-order chi connectivity index (χ1) is 18.6. The van der Waals surface area contributed by atoms with E-state index in [2.05, 4.69) is 65.1 Å². The lowest BCUT2D eigenvalue weighted by atomic mass is 9.87. The Morgan fingerprint density at radius 1 is 1.03 bits per heavy atom. The number of carbonyl (C=O) groups is 1. The molecule has 7 nitrogen and oxygen atoms in total. The fourth-order valence-electron chi connectivity index (χ4n) is 8.14. The topological polar surface area (TPSA) is 71.7 Å². The van der Waals surface area contributed by atoms with E-state index >= 15 is 0 Å². The largest absolute Gasteiger partial charge is 0.327 e. The number of likely N-dealkylation sites (tertiary alicyclic amines) is 1. The first-order valence-corrected chi connectivity index (χ1v) is 17.2. The molecule has 5 aliphatic rings. The summed E-state index contributed by atoms with van der Waals surface area (Å²) in [5.41, 5.74) is 0.535. The minimum atomic E-state index is 0.181. The quantitative estimate of drug-likeness (QED) is 0.365. The van der Waals surface area contributed by atoms with Gasteiger partial charge in [-0.05, 0) is 102 Å². The molecule has 0 aromatic carbocycles. The number of amides is 1. The summed E-state index contributed by atoms with van der Waals surface area (Å²) in [4.78, 5) is 18.6. The van der Waals surface area contributed by atoms with Crippen molar-refractivity contribution in [1.29, 1.82) is 0 Å². The minimum Gasteiger partial charge on any atom is -0.327 e. The Bertz CT molecular complexity index is 817. The maximum absolute atomic E-state index is 13.6. The lowest BCUT2D eigenvalue weighted by Gasteiger charge is -2.49. The average molecular weight is 563 g/mol. The zero-order chi connectivity index (χ0) is 27.6. The van der Waals surface area contributed by atoms with Crippen molar-refractivity contribution in [2.75, 3.05) is 26.2 Å². The van der Waals surface area contributed by atoms with Gasteiger partial charge in [-0.3, -0.25) is 25.1 Å². The van der Waals surface area contributed by atoms with Gasteiger partial charge in [-0.2, -0.15) is 0 Å². The summed E-state index contributed by atoms with van der Waals surface area (Å²) < 4.78 is 3.81. The van der Waals surface area contributed by atoms with Crippen LogP contribution in [0.3, 0.4) is 0 Å². The molecule has 4 N–H and O–H groups in total. The summed E-state index contributed by atoms with van der Waals surface area (Å²) in [5.74, 6) is 1.94. The fourth-order valence-corrected chi connectivity index (χ4v) is 9.17. The molecule has 5 rings (SSSR count). The van der Waals surface area contributed by atoms with Crippen molar-refractivity contribution in [3.8, 4) is 0 Å². The Hall–Kier alpha value is -0.380. The van der Waals surface area contributed by atoms with Crippen LogP contribution in [0.25, 0.3) is 0 Å². The molecule has 7 unspecified atom stereocenters. The van der Waals surface area contributed by atoms with Crippen LogP contribution >= 0.6 is 11.9 Å². The summed E-state index contributed by atoms with van der Waals surface area (Å²) in [5, 5.41) is 12.2. The third kappa shape index (κ3) is 7.72. The molecule has 0 radical (unpaired) electrons. The Balaban J connectivity index is 1.26. The second-order valence-electron chi connectivity index (χ2n) is 15.2. The van der Waals surface area contributed by atoms with E-state index in [0.29, 0.717) is 34.9 Å². The standard InChI is InChI=1S/C31H58N6OS/c1-30(2,3)16-7-10-23-15-18-36(29(23)38)26-14-13-24-20-33-39-27-12-6-11-25(34-27)32-17-8-9-22-19-31(4,5)37(21-22)28(24)35-26/h22-28,32-35H,6-21H2,1-5H3/t22-,23?,24?,25?,26?,27?,28?/m0/s1. The molecule has 224 valence electrons. The Morgan fingerprint density at radius 2 is 1.87 bits per heavy atom. The van der Waals surface area contributed by atoms with Crippen LogP contribution in [0.15, 0.2) is 0 Å². The number of nitrogens with zero attached hydrogens (tertiary/aromatic N) is 2. The van der Waals surface area contributed by atoms with E-state index in [1.807, 2.05) is 11.9 Å². The maximum atomic E-state index is 13.6. The maximum Gasteiger partial charge on any atom is 0.226 e. The van der Waals surface area contributed by atoms with E-state index in [1.54, 1.807) is 0 Å². The van der Waals surface area contributed by atoms with Gasteiger partial charge in [-0.1, -0.05) is 39.1 Å². The van der Waals surface area contributed by atoms with Crippen molar-refractivity contribution in [2.24, 2.45) is 23.2 Å². The third-order valence-corrected chi connectivity index (χ3v) is 11.3. The normalized spacial score (nSPS) is 40.1. The van der Waals surface area contributed by atoms with Gasteiger partial charge in [0.1, 0.15) is 0 Å². The van der Waals surface area contributed by atoms with Gasteiger partial charge in [-0.25, -0.2) is 0 Å². The number of fused-ring (bicyclic) bond motifs is 6. The molecule has 5 fully saturated rings. The summed E-state index contributed by atoms with van der Waals surface area (Å²) in [7, 11) is 0. The molecule has 5 saturated heterocycles. The first kappa shape index (κ1) is 30.1. The molecule has 0 aromatic rings. The zero-order valence-corrected chi connectivity index (χ0v) is 26.4. The molecule has 0 saturated carbocycles. The van der Waals surface area contributed by atoms with Crippen LogP contribution in [0.2, 0.25) is 0 Å². The van der Waals surface area contributed by atoms with Gasteiger partial charge in [0.05, 0.1) is 23.9 Å². The predicted octanol–water partition coefficient (Wildman–Crippen LogP) is 4.85. The van der Waals surface area contributed by atoms with Crippen LogP contribution in [-0.4, -0.2) is 71.3 Å². The van der Waals surface area contributed by atoms with E-state index in [4.69, 9.17) is 0 Å².